The number of ether oxygens (including phenoxy) is 1. The molecule has 0 bridgehead atoms. The van der Waals surface area contributed by atoms with Crippen LogP contribution in [-0.2, 0) is 9.59 Å². The molecule has 2 unspecified atom stereocenters. The van der Waals surface area contributed by atoms with Crippen LogP contribution in [0.4, 0.5) is 5.69 Å². The van der Waals surface area contributed by atoms with Gasteiger partial charge in [0.05, 0.1) is 24.2 Å². The molecule has 28 heavy (non-hydrogen) atoms. The highest BCUT2D eigenvalue weighted by atomic mass is 16.5. The average Bonchev–Trinajstić information content (AvgIpc) is 3.28. The molecule has 1 saturated heterocycles. The van der Waals surface area contributed by atoms with Crippen molar-refractivity contribution in [1.82, 2.24) is 9.55 Å². The quantitative estimate of drug-likeness (QED) is 0.680. The van der Waals surface area contributed by atoms with Crippen LogP contribution < -0.4 is 9.64 Å². The third kappa shape index (κ3) is 3.05. The molecule has 4 rings (SSSR count). The Morgan fingerprint density at radius 2 is 2.00 bits per heavy atom. The molecule has 1 aliphatic rings. The second kappa shape index (κ2) is 7.11. The number of nitrogens with zero attached hydrogens (tertiary/aromatic N) is 3. The number of benzene rings is 2. The number of carbonyl (C=O) groups excluding carboxylic acids is 2. The lowest BCUT2D eigenvalue weighted by Crippen LogP contribution is -2.25. The number of aromatic nitrogens is 2. The van der Waals surface area contributed by atoms with Gasteiger partial charge < -0.3 is 14.2 Å². The molecule has 0 N–H and O–H groups in total. The maximum absolute atomic E-state index is 12.8. The molecule has 6 heteroatoms. The summed E-state index contributed by atoms with van der Waals surface area (Å²) in [6, 6.07) is 15.0. The molecule has 2 atom stereocenters. The first-order valence-electron chi connectivity index (χ1n) is 9.41. The standard InChI is InChI=1S/C22H23N3O3/c1-14(15(2)26)25-20-10-5-4-9-19(20)23-22(25)16-11-21(27)24(13-16)17-7-6-8-18(12-17)28-3/h4-10,12,14,16H,11,13H2,1-3H3. The number of rotatable bonds is 5. The fourth-order valence-corrected chi connectivity index (χ4v) is 3.85. The van der Waals surface area contributed by atoms with Crippen LogP contribution in [0, 0.1) is 0 Å². The van der Waals surface area contributed by atoms with Gasteiger partial charge in [0.1, 0.15) is 11.6 Å². The van der Waals surface area contributed by atoms with Crippen molar-refractivity contribution in [2.45, 2.75) is 32.2 Å². The van der Waals surface area contributed by atoms with E-state index in [0.29, 0.717) is 18.7 Å². The monoisotopic (exact) mass is 377 g/mol. The highest BCUT2D eigenvalue weighted by molar-refractivity contribution is 5.96. The van der Waals surface area contributed by atoms with Crippen molar-refractivity contribution in [2.75, 3.05) is 18.6 Å². The second-order valence-electron chi connectivity index (χ2n) is 7.22. The molecule has 1 aliphatic heterocycles. The van der Waals surface area contributed by atoms with E-state index in [1.165, 1.54) is 0 Å². The Hall–Kier alpha value is -3.15. The maximum Gasteiger partial charge on any atom is 0.227 e. The van der Waals surface area contributed by atoms with Crippen LogP contribution in [0.2, 0.25) is 0 Å². The molecule has 0 spiro atoms. The van der Waals surface area contributed by atoms with Crippen LogP contribution in [0.15, 0.2) is 48.5 Å². The average molecular weight is 377 g/mol. The zero-order valence-corrected chi connectivity index (χ0v) is 16.3. The summed E-state index contributed by atoms with van der Waals surface area (Å²) in [6.45, 7) is 4.00. The Balaban J connectivity index is 1.74. The highest BCUT2D eigenvalue weighted by Crippen LogP contribution is 2.35. The van der Waals surface area contributed by atoms with Crippen LogP contribution in [0.3, 0.4) is 0 Å². The molecular weight excluding hydrogens is 354 g/mol. The smallest absolute Gasteiger partial charge is 0.227 e. The zero-order chi connectivity index (χ0) is 19.8. The molecule has 2 heterocycles. The number of para-hydroxylation sites is 2. The highest BCUT2D eigenvalue weighted by Gasteiger charge is 2.36. The van der Waals surface area contributed by atoms with E-state index >= 15 is 0 Å². The number of Topliss-reactive ketones (excluding diaryl/α,β-unsaturated/α-hetero) is 1. The molecule has 2 aromatic carbocycles. The Morgan fingerprint density at radius 3 is 2.75 bits per heavy atom. The van der Waals surface area contributed by atoms with Crippen LogP contribution in [0.25, 0.3) is 11.0 Å². The number of ketones is 1. The Kier molecular flexibility index (Phi) is 4.63. The summed E-state index contributed by atoms with van der Waals surface area (Å²) in [5, 5.41) is 0. The van der Waals surface area contributed by atoms with Crippen LogP contribution in [0.5, 0.6) is 5.75 Å². The predicted octanol–water partition coefficient (Wildman–Crippen LogP) is 3.72. The third-order valence-electron chi connectivity index (χ3n) is 5.45. The number of fused-ring (bicyclic) bond motifs is 1. The van der Waals surface area contributed by atoms with Gasteiger partial charge in [-0.05, 0) is 38.1 Å². The van der Waals surface area contributed by atoms with Gasteiger partial charge in [-0.1, -0.05) is 18.2 Å². The summed E-state index contributed by atoms with van der Waals surface area (Å²) in [4.78, 5) is 31.5. The molecule has 1 aromatic heterocycles. The number of hydrogen-bond donors (Lipinski definition) is 0. The number of imidazole rings is 1. The van der Waals surface area contributed by atoms with Gasteiger partial charge in [0.25, 0.3) is 0 Å². The summed E-state index contributed by atoms with van der Waals surface area (Å²) >= 11 is 0. The first kappa shape index (κ1) is 18.2. The summed E-state index contributed by atoms with van der Waals surface area (Å²) in [7, 11) is 1.61. The van der Waals surface area contributed by atoms with E-state index in [0.717, 1.165) is 22.5 Å². The van der Waals surface area contributed by atoms with Crippen LogP contribution in [0.1, 0.15) is 38.1 Å². The van der Waals surface area contributed by atoms with E-state index in [-0.39, 0.29) is 23.7 Å². The lowest BCUT2D eigenvalue weighted by Gasteiger charge is -2.19. The molecule has 0 saturated carbocycles. The first-order chi connectivity index (χ1) is 13.5. The molecular formula is C22H23N3O3. The summed E-state index contributed by atoms with van der Waals surface area (Å²) in [5.41, 5.74) is 2.58. The normalized spacial score (nSPS) is 17.9. The zero-order valence-electron chi connectivity index (χ0n) is 16.3. The van der Waals surface area contributed by atoms with E-state index in [2.05, 4.69) is 0 Å². The molecule has 6 nitrogen and oxygen atoms in total. The van der Waals surface area contributed by atoms with Gasteiger partial charge in [0.2, 0.25) is 5.91 Å². The topological polar surface area (TPSA) is 64.4 Å². The number of amides is 1. The lowest BCUT2D eigenvalue weighted by molar-refractivity contribution is -0.119. The van der Waals surface area contributed by atoms with Crippen LogP contribution >= 0.6 is 0 Å². The molecule has 1 fully saturated rings. The summed E-state index contributed by atoms with van der Waals surface area (Å²) in [5.74, 6) is 1.55. The number of methoxy groups -OCH3 is 1. The third-order valence-corrected chi connectivity index (χ3v) is 5.45. The summed E-state index contributed by atoms with van der Waals surface area (Å²) in [6.07, 6.45) is 0.366. The second-order valence-corrected chi connectivity index (χ2v) is 7.22. The largest absolute Gasteiger partial charge is 0.497 e. The van der Waals surface area contributed by atoms with Crippen molar-refractivity contribution in [3.63, 3.8) is 0 Å². The maximum atomic E-state index is 12.8. The summed E-state index contributed by atoms with van der Waals surface area (Å²) < 4.78 is 7.28. The SMILES string of the molecule is COc1cccc(N2CC(c3nc4ccccc4n3C(C)C(C)=O)CC2=O)c1. The van der Waals surface area contributed by atoms with Crippen molar-refractivity contribution in [1.29, 1.82) is 0 Å². The Labute approximate surface area is 163 Å². The van der Waals surface area contributed by atoms with E-state index < -0.39 is 0 Å². The van der Waals surface area contributed by atoms with E-state index in [9.17, 15) is 9.59 Å². The van der Waals surface area contributed by atoms with E-state index in [1.807, 2.05) is 60.0 Å². The van der Waals surface area contributed by atoms with Gasteiger partial charge in [-0.3, -0.25) is 9.59 Å². The Morgan fingerprint density at radius 1 is 1.21 bits per heavy atom. The minimum atomic E-state index is -0.330. The number of anilines is 1. The fraction of sp³-hybridized carbons (Fsp3) is 0.318. The predicted molar refractivity (Wildman–Crippen MR) is 108 cm³/mol. The van der Waals surface area contributed by atoms with E-state index in [1.54, 1.807) is 18.9 Å². The minimum Gasteiger partial charge on any atom is -0.497 e. The van der Waals surface area contributed by atoms with Crippen LogP contribution in [-0.4, -0.2) is 34.9 Å². The first-order valence-corrected chi connectivity index (χ1v) is 9.41. The number of hydrogen-bond acceptors (Lipinski definition) is 4. The van der Waals surface area contributed by atoms with Crippen molar-refractivity contribution < 1.29 is 14.3 Å². The van der Waals surface area contributed by atoms with Gasteiger partial charge in [-0.15, -0.1) is 0 Å². The lowest BCUT2D eigenvalue weighted by atomic mass is 10.1. The molecule has 1 amide bonds. The van der Waals surface area contributed by atoms with Gasteiger partial charge >= 0.3 is 0 Å². The number of carbonyl (C=O) groups is 2. The molecule has 144 valence electrons. The van der Waals surface area contributed by atoms with Gasteiger partial charge in [0.15, 0.2) is 5.78 Å². The molecule has 0 radical (unpaired) electrons. The van der Waals surface area contributed by atoms with Gasteiger partial charge in [-0.2, -0.15) is 0 Å². The van der Waals surface area contributed by atoms with Crippen molar-refractivity contribution in [3.05, 3.63) is 54.4 Å². The van der Waals surface area contributed by atoms with E-state index in [4.69, 9.17) is 9.72 Å². The fourth-order valence-electron chi connectivity index (χ4n) is 3.85. The van der Waals surface area contributed by atoms with Crippen molar-refractivity contribution in [2.24, 2.45) is 0 Å². The van der Waals surface area contributed by atoms with Gasteiger partial charge in [-0.25, -0.2) is 4.98 Å². The van der Waals surface area contributed by atoms with Crippen molar-refractivity contribution >= 4 is 28.4 Å². The van der Waals surface area contributed by atoms with Gasteiger partial charge in [0, 0.05) is 30.6 Å². The van der Waals surface area contributed by atoms with Crippen molar-refractivity contribution in [3.8, 4) is 5.75 Å². The molecule has 0 aliphatic carbocycles. The Bertz CT molecular complexity index is 1060. The molecule has 3 aromatic rings. The minimum absolute atomic E-state index is 0.0485.